The van der Waals surface area contributed by atoms with Crippen LogP contribution in [0.2, 0.25) is 0 Å². The summed E-state index contributed by atoms with van der Waals surface area (Å²) in [6.07, 6.45) is 0. The van der Waals surface area contributed by atoms with Gasteiger partial charge in [0, 0.05) is 44.2 Å². The number of rotatable bonds is 7. The molecule has 0 atom stereocenters. The number of aromatic nitrogens is 5. The molecule has 0 amide bonds. The second-order valence-electron chi connectivity index (χ2n) is 13.3. The van der Waals surface area contributed by atoms with Crippen LogP contribution in [0.4, 0.5) is 0 Å². The summed E-state index contributed by atoms with van der Waals surface area (Å²) in [7, 11) is 0. The van der Waals surface area contributed by atoms with Crippen LogP contribution in [0, 0.1) is 0 Å². The number of hydrogen-bond donors (Lipinski definition) is 0. The van der Waals surface area contributed by atoms with E-state index in [1.165, 1.54) is 0 Å². The van der Waals surface area contributed by atoms with Crippen LogP contribution in [0.5, 0.6) is 0 Å². The van der Waals surface area contributed by atoms with E-state index < -0.39 is 0 Å². The topological polar surface area (TPSA) is 77.6 Å². The van der Waals surface area contributed by atoms with Crippen molar-refractivity contribution < 1.29 is 4.42 Å². The van der Waals surface area contributed by atoms with Crippen molar-refractivity contribution in [3.63, 3.8) is 0 Å². The number of nitrogens with zero attached hydrogens (tertiary/aromatic N) is 5. The van der Waals surface area contributed by atoms with Gasteiger partial charge in [-0.1, -0.05) is 164 Å². The second-order valence-corrected chi connectivity index (χ2v) is 13.3. The van der Waals surface area contributed by atoms with Crippen LogP contribution >= 0.6 is 0 Å². The van der Waals surface area contributed by atoms with Crippen molar-refractivity contribution >= 4 is 21.9 Å². The van der Waals surface area contributed by atoms with Crippen molar-refractivity contribution in [2.45, 2.75) is 0 Å². The average molecular weight is 706 g/mol. The fourth-order valence-electron chi connectivity index (χ4n) is 7.12. The number of para-hydroxylation sites is 1. The van der Waals surface area contributed by atoms with Gasteiger partial charge in [-0.15, -0.1) is 0 Å². The second kappa shape index (κ2) is 13.8. The average Bonchev–Trinajstić information content (AvgIpc) is 3.66. The van der Waals surface area contributed by atoms with Crippen molar-refractivity contribution in [3.05, 3.63) is 188 Å². The van der Waals surface area contributed by atoms with Gasteiger partial charge in [0.25, 0.3) is 0 Å². The Hall–Kier alpha value is -7.57. The maximum atomic E-state index is 6.36. The molecule has 0 bridgehead atoms. The molecule has 0 saturated carbocycles. The van der Waals surface area contributed by atoms with Gasteiger partial charge in [-0.05, 0) is 35.4 Å². The Morgan fingerprint density at radius 3 is 1.36 bits per heavy atom. The zero-order valence-corrected chi connectivity index (χ0v) is 29.5. The minimum absolute atomic E-state index is 0.551. The van der Waals surface area contributed by atoms with Gasteiger partial charge in [-0.25, -0.2) is 24.9 Å². The molecule has 3 heterocycles. The standard InChI is InChI=1S/C49H31N5O/c1-5-16-32(17-6-1)41-31-42(33-18-7-2-8-19-33)51-49(50-41)40-30-36(28-29-37(40)38-25-15-27-44-45(38)39-24-13-14-26-43(39)55-44)48-53-46(34-20-9-3-10-21-34)52-47(54-48)35-22-11-4-12-23-35/h1-31H. The predicted molar refractivity (Wildman–Crippen MR) is 221 cm³/mol. The zero-order chi connectivity index (χ0) is 36.6. The first-order chi connectivity index (χ1) is 27.2. The third-order valence-corrected chi connectivity index (χ3v) is 9.78. The summed E-state index contributed by atoms with van der Waals surface area (Å²) >= 11 is 0. The lowest BCUT2D eigenvalue weighted by Gasteiger charge is -2.15. The molecule has 0 spiro atoms. The van der Waals surface area contributed by atoms with Crippen LogP contribution < -0.4 is 0 Å². The maximum Gasteiger partial charge on any atom is 0.164 e. The van der Waals surface area contributed by atoms with Crippen molar-refractivity contribution in [2.75, 3.05) is 0 Å². The zero-order valence-electron chi connectivity index (χ0n) is 29.5. The van der Waals surface area contributed by atoms with E-state index in [0.29, 0.717) is 23.3 Å². The molecule has 6 heteroatoms. The fourth-order valence-corrected chi connectivity index (χ4v) is 7.12. The smallest absolute Gasteiger partial charge is 0.164 e. The summed E-state index contributed by atoms with van der Waals surface area (Å²) in [5.41, 5.74) is 10.8. The highest BCUT2D eigenvalue weighted by atomic mass is 16.3. The molecule has 0 N–H and O–H groups in total. The van der Waals surface area contributed by atoms with Gasteiger partial charge in [0.05, 0.1) is 11.4 Å². The minimum atomic E-state index is 0.551. The highest BCUT2D eigenvalue weighted by molar-refractivity contribution is 6.13. The fraction of sp³-hybridized carbons (Fsp3) is 0. The van der Waals surface area contributed by atoms with Crippen molar-refractivity contribution in [3.8, 4) is 79.2 Å². The Labute approximate surface area is 317 Å². The van der Waals surface area contributed by atoms with Crippen LogP contribution in [0.3, 0.4) is 0 Å². The molecule has 0 radical (unpaired) electrons. The molecular formula is C49H31N5O. The molecule has 0 unspecified atom stereocenters. The lowest BCUT2D eigenvalue weighted by Crippen LogP contribution is -2.01. The molecule has 0 aliphatic rings. The summed E-state index contributed by atoms with van der Waals surface area (Å²) in [4.78, 5) is 25.7. The van der Waals surface area contributed by atoms with Crippen molar-refractivity contribution in [1.82, 2.24) is 24.9 Å². The largest absolute Gasteiger partial charge is 0.456 e. The Morgan fingerprint density at radius 1 is 0.291 bits per heavy atom. The highest BCUT2D eigenvalue weighted by Crippen LogP contribution is 2.42. The van der Waals surface area contributed by atoms with E-state index in [1.807, 2.05) is 127 Å². The van der Waals surface area contributed by atoms with E-state index in [-0.39, 0.29) is 0 Å². The molecule has 6 nitrogen and oxygen atoms in total. The van der Waals surface area contributed by atoms with Crippen LogP contribution in [0.15, 0.2) is 192 Å². The number of furan rings is 1. The monoisotopic (exact) mass is 705 g/mol. The van der Waals surface area contributed by atoms with Gasteiger partial charge in [-0.3, -0.25) is 0 Å². The van der Waals surface area contributed by atoms with Gasteiger partial charge in [0.15, 0.2) is 23.3 Å². The van der Waals surface area contributed by atoms with Gasteiger partial charge < -0.3 is 4.42 Å². The molecule has 0 saturated heterocycles. The lowest BCUT2D eigenvalue weighted by molar-refractivity contribution is 0.669. The first-order valence-corrected chi connectivity index (χ1v) is 18.2. The quantitative estimate of drug-likeness (QED) is 0.164. The van der Waals surface area contributed by atoms with E-state index in [9.17, 15) is 0 Å². The molecular weight excluding hydrogens is 675 g/mol. The Balaban J connectivity index is 1.26. The maximum absolute atomic E-state index is 6.36. The number of fused-ring (bicyclic) bond motifs is 3. The molecule has 0 aliphatic carbocycles. The van der Waals surface area contributed by atoms with Crippen LogP contribution in [0.25, 0.3) is 101 Å². The molecule has 7 aromatic carbocycles. The Morgan fingerprint density at radius 2 is 0.782 bits per heavy atom. The van der Waals surface area contributed by atoms with E-state index in [4.69, 9.17) is 29.3 Å². The minimum Gasteiger partial charge on any atom is -0.456 e. The van der Waals surface area contributed by atoms with E-state index in [2.05, 4.69) is 60.7 Å². The van der Waals surface area contributed by atoms with E-state index in [1.54, 1.807) is 0 Å². The molecule has 10 rings (SSSR count). The predicted octanol–water partition coefficient (Wildman–Crippen LogP) is 12.2. The number of benzene rings is 7. The summed E-state index contributed by atoms with van der Waals surface area (Å²) in [5.74, 6) is 2.33. The van der Waals surface area contributed by atoms with Crippen LogP contribution in [0.1, 0.15) is 0 Å². The molecule has 0 fully saturated rings. The van der Waals surface area contributed by atoms with E-state index >= 15 is 0 Å². The molecule has 3 aromatic heterocycles. The Bertz CT molecular complexity index is 2850. The van der Waals surface area contributed by atoms with Gasteiger partial charge in [0.1, 0.15) is 11.2 Å². The van der Waals surface area contributed by atoms with Crippen LogP contribution in [-0.2, 0) is 0 Å². The first kappa shape index (κ1) is 32.1. The summed E-state index contributed by atoms with van der Waals surface area (Å²) in [6.45, 7) is 0. The SMILES string of the molecule is c1ccc(-c2cc(-c3ccccc3)nc(-c3cc(-c4nc(-c5ccccc5)nc(-c5ccccc5)n4)ccc3-c3cccc4oc5ccccc5c34)n2)cc1. The third-order valence-electron chi connectivity index (χ3n) is 9.78. The van der Waals surface area contributed by atoms with Gasteiger partial charge >= 0.3 is 0 Å². The normalized spacial score (nSPS) is 11.3. The molecule has 0 aliphatic heterocycles. The first-order valence-electron chi connectivity index (χ1n) is 18.2. The van der Waals surface area contributed by atoms with Gasteiger partial charge in [0.2, 0.25) is 0 Å². The summed E-state index contributed by atoms with van der Waals surface area (Å²) < 4.78 is 6.36. The summed E-state index contributed by atoms with van der Waals surface area (Å²) in [6, 6.07) is 63.3. The molecule has 55 heavy (non-hydrogen) atoms. The van der Waals surface area contributed by atoms with Crippen molar-refractivity contribution in [2.24, 2.45) is 0 Å². The summed E-state index contributed by atoms with van der Waals surface area (Å²) in [5, 5.41) is 2.08. The lowest BCUT2D eigenvalue weighted by atomic mass is 9.93. The molecule has 10 aromatic rings. The Kier molecular flexibility index (Phi) is 8.04. The van der Waals surface area contributed by atoms with Gasteiger partial charge in [-0.2, -0.15) is 0 Å². The van der Waals surface area contributed by atoms with Crippen molar-refractivity contribution in [1.29, 1.82) is 0 Å². The highest BCUT2D eigenvalue weighted by Gasteiger charge is 2.21. The third kappa shape index (κ3) is 6.11. The molecule has 258 valence electrons. The number of hydrogen-bond acceptors (Lipinski definition) is 6. The van der Waals surface area contributed by atoms with Crippen LogP contribution in [-0.4, -0.2) is 24.9 Å². The van der Waals surface area contributed by atoms with E-state index in [0.717, 1.165) is 77.8 Å².